The Morgan fingerprint density at radius 2 is 2.20 bits per heavy atom. The first-order valence-electron chi connectivity index (χ1n) is 4.66. The molecule has 0 spiro atoms. The highest BCUT2D eigenvalue weighted by molar-refractivity contribution is 5.96. The van der Waals surface area contributed by atoms with E-state index in [0.29, 0.717) is 0 Å². The average molecular weight is 204 g/mol. The van der Waals surface area contributed by atoms with Gasteiger partial charge >= 0.3 is 6.03 Å². The van der Waals surface area contributed by atoms with Crippen molar-refractivity contribution in [2.75, 3.05) is 12.4 Å². The number of nitrogens with one attached hydrogen (secondary N) is 2. The fourth-order valence-corrected chi connectivity index (χ4v) is 1.58. The van der Waals surface area contributed by atoms with Crippen LogP contribution in [0, 0.1) is 6.92 Å². The van der Waals surface area contributed by atoms with Crippen molar-refractivity contribution in [3.8, 4) is 11.1 Å². The van der Waals surface area contributed by atoms with Crippen LogP contribution in [-0.2, 0) is 0 Å². The van der Waals surface area contributed by atoms with Crippen LogP contribution in [0.3, 0.4) is 0 Å². The lowest BCUT2D eigenvalue weighted by atomic mass is 10.1. The predicted octanol–water partition coefficient (Wildman–Crippen LogP) is 2.44. The van der Waals surface area contributed by atoms with Gasteiger partial charge in [-0.05, 0) is 30.2 Å². The smallest absolute Gasteiger partial charge is 0.318 e. The van der Waals surface area contributed by atoms with Crippen molar-refractivity contribution in [2.45, 2.75) is 6.92 Å². The van der Waals surface area contributed by atoms with Crippen molar-refractivity contribution >= 4 is 11.7 Å². The van der Waals surface area contributed by atoms with Gasteiger partial charge in [0.15, 0.2) is 0 Å². The molecule has 2 aliphatic rings. The van der Waals surface area contributed by atoms with Crippen LogP contribution in [0.25, 0.3) is 11.1 Å². The van der Waals surface area contributed by atoms with Crippen molar-refractivity contribution in [2.24, 2.45) is 0 Å². The Morgan fingerprint density at radius 1 is 1.40 bits per heavy atom. The fraction of sp³-hybridized carbons (Fsp3) is 0.182. The lowest BCUT2D eigenvalue weighted by Crippen LogP contribution is -2.24. The molecule has 0 saturated heterocycles. The van der Waals surface area contributed by atoms with Crippen molar-refractivity contribution in [1.82, 2.24) is 5.32 Å². The van der Waals surface area contributed by atoms with Crippen molar-refractivity contribution in [3.63, 3.8) is 0 Å². The lowest BCUT2D eigenvalue weighted by Gasteiger charge is -2.04. The molecule has 0 aromatic rings. The molecule has 4 heteroatoms. The molecular formula is C11H12N2O2. The van der Waals surface area contributed by atoms with Gasteiger partial charge in [-0.2, -0.15) is 0 Å². The summed E-state index contributed by atoms with van der Waals surface area (Å²) in [6.07, 6.45) is 3.26. The monoisotopic (exact) mass is 204 g/mol. The average Bonchev–Trinajstić information content (AvgIpc) is 2.57. The van der Waals surface area contributed by atoms with Gasteiger partial charge in [-0.3, -0.25) is 0 Å². The SMILES string of the molecule is CNC(=O)Nc1cc(C)c2ccocc1-2. The Balaban J connectivity index is 2.41. The molecule has 0 saturated carbocycles. The first kappa shape index (κ1) is 9.58. The summed E-state index contributed by atoms with van der Waals surface area (Å²) >= 11 is 0. The maximum atomic E-state index is 11.2. The molecule has 2 N–H and O–H groups in total. The molecule has 2 rings (SSSR count). The molecule has 15 heavy (non-hydrogen) atoms. The Morgan fingerprint density at radius 3 is 2.93 bits per heavy atom. The van der Waals surface area contributed by atoms with Crippen LogP contribution >= 0.6 is 0 Å². The molecule has 1 aliphatic heterocycles. The van der Waals surface area contributed by atoms with Crippen molar-refractivity contribution in [3.05, 3.63) is 30.2 Å². The number of hydrogen-bond acceptors (Lipinski definition) is 2. The van der Waals surface area contributed by atoms with E-state index in [0.717, 1.165) is 22.4 Å². The summed E-state index contributed by atoms with van der Waals surface area (Å²) in [7, 11) is 1.58. The quantitative estimate of drug-likeness (QED) is 0.749. The highest BCUT2D eigenvalue weighted by atomic mass is 16.3. The summed E-state index contributed by atoms with van der Waals surface area (Å²) in [6, 6.07) is 3.58. The fourth-order valence-electron chi connectivity index (χ4n) is 1.58. The number of hydrogen-bond donors (Lipinski definition) is 2. The number of amides is 2. The van der Waals surface area contributed by atoms with E-state index < -0.39 is 0 Å². The summed E-state index contributed by atoms with van der Waals surface area (Å²) in [5.41, 5.74) is 3.89. The molecule has 0 aromatic carbocycles. The topological polar surface area (TPSA) is 54.3 Å². The third kappa shape index (κ3) is 1.66. The van der Waals surface area contributed by atoms with Gasteiger partial charge in [0.25, 0.3) is 0 Å². The number of aryl methyl sites for hydroxylation is 1. The van der Waals surface area contributed by atoms with Gasteiger partial charge in [0.2, 0.25) is 0 Å². The number of carbonyl (C=O) groups is 1. The van der Waals surface area contributed by atoms with Gasteiger partial charge in [0.05, 0.1) is 12.0 Å². The number of anilines is 1. The van der Waals surface area contributed by atoms with Crippen LogP contribution < -0.4 is 10.6 Å². The molecule has 0 unspecified atom stereocenters. The zero-order chi connectivity index (χ0) is 10.8. The number of fused-ring (bicyclic) bond motifs is 1. The largest absolute Gasteiger partial charge is 0.472 e. The van der Waals surface area contributed by atoms with Crippen LogP contribution in [0.4, 0.5) is 10.5 Å². The molecular weight excluding hydrogens is 192 g/mol. The number of rotatable bonds is 1. The van der Waals surface area contributed by atoms with Crippen molar-refractivity contribution in [1.29, 1.82) is 0 Å². The molecule has 4 nitrogen and oxygen atoms in total. The highest BCUT2D eigenvalue weighted by Crippen LogP contribution is 2.35. The minimum atomic E-state index is -0.231. The van der Waals surface area contributed by atoms with Gasteiger partial charge in [0.1, 0.15) is 6.26 Å². The van der Waals surface area contributed by atoms with E-state index >= 15 is 0 Å². The van der Waals surface area contributed by atoms with Gasteiger partial charge in [0, 0.05) is 12.6 Å². The standard InChI is InChI=1S/C11H12N2O2/c1-7-5-10(13-11(14)12-2)9-6-15-4-3-8(7)9/h3-6H,1-2H3,(H2,12,13,14). The first-order chi connectivity index (χ1) is 7.22. The molecule has 0 aromatic heterocycles. The van der Waals surface area contributed by atoms with E-state index in [2.05, 4.69) is 10.6 Å². The third-order valence-corrected chi connectivity index (χ3v) is 2.34. The summed E-state index contributed by atoms with van der Waals surface area (Å²) in [4.78, 5) is 11.2. The molecule has 78 valence electrons. The minimum absolute atomic E-state index is 0.231. The Hall–Kier alpha value is -1.97. The van der Waals surface area contributed by atoms with E-state index in [4.69, 9.17) is 4.42 Å². The second-order valence-corrected chi connectivity index (χ2v) is 3.33. The number of urea groups is 1. The highest BCUT2D eigenvalue weighted by Gasteiger charge is 2.14. The molecule has 0 bridgehead atoms. The summed E-state index contributed by atoms with van der Waals surface area (Å²) in [6.45, 7) is 2.00. The zero-order valence-electron chi connectivity index (χ0n) is 8.63. The predicted molar refractivity (Wildman–Crippen MR) is 58.1 cm³/mol. The van der Waals surface area contributed by atoms with Crippen LogP contribution in [0.1, 0.15) is 5.56 Å². The van der Waals surface area contributed by atoms with Gasteiger partial charge < -0.3 is 15.1 Å². The molecule has 0 radical (unpaired) electrons. The first-order valence-corrected chi connectivity index (χ1v) is 4.66. The van der Waals surface area contributed by atoms with E-state index in [1.54, 1.807) is 19.6 Å². The van der Waals surface area contributed by atoms with Crippen LogP contribution in [0.5, 0.6) is 0 Å². The Labute approximate surface area is 87.6 Å². The molecule has 2 amide bonds. The van der Waals surface area contributed by atoms with E-state index in [1.165, 1.54) is 0 Å². The van der Waals surface area contributed by atoms with Gasteiger partial charge in [-0.25, -0.2) is 4.79 Å². The van der Waals surface area contributed by atoms with Crippen molar-refractivity contribution < 1.29 is 9.21 Å². The maximum Gasteiger partial charge on any atom is 0.318 e. The second-order valence-electron chi connectivity index (χ2n) is 3.33. The van der Waals surface area contributed by atoms with E-state index in [9.17, 15) is 4.79 Å². The summed E-state index contributed by atoms with van der Waals surface area (Å²) < 4.78 is 5.09. The van der Waals surface area contributed by atoms with E-state index in [1.807, 2.05) is 19.1 Å². The summed E-state index contributed by atoms with van der Waals surface area (Å²) in [5.74, 6) is 0. The second kappa shape index (κ2) is 3.65. The Bertz CT molecular complexity index is 462. The van der Waals surface area contributed by atoms with Gasteiger partial charge in [-0.1, -0.05) is 0 Å². The minimum Gasteiger partial charge on any atom is -0.472 e. The third-order valence-electron chi connectivity index (χ3n) is 2.34. The van der Waals surface area contributed by atoms with Gasteiger partial charge in [-0.15, -0.1) is 0 Å². The van der Waals surface area contributed by atoms with Crippen LogP contribution in [-0.4, -0.2) is 13.1 Å². The Kier molecular flexibility index (Phi) is 2.33. The lowest BCUT2D eigenvalue weighted by molar-refractivity contribution is 0.254. The number of carbonyl (C=O) groups excluding carboxylic acids is 1. The molecule has 0 fully saturated rings. The van der Waals surface area contributed by atoms with Crippen LogP contribution in [0.15, 0.2) is 29.1 Å². The maximum absolute atomic E-state index is 11.2. The molecule has 1 aliphatic carbocycles. The molecule has 1 heterocycles. The van der Waals surface area contributed by atoms with E-state index in [-0.39, 0.29) is 6.03 Å². The summed E-state index contributed by atoms with van der Waals surface area (Å²) in [5, 5.41) is 5.25. The molecule has 0 atom stereocenters. The van der Waals surface area contributed by atoms with Crippen LogP contribution in [0.2, 0.25) is 0 Å². The normalized spacial score (nSPS) is 10.3. The zero-order valence-corrected chi connectivity index (χ0v) is 8.63.